The van der Waals surface area contributed by atoms with E-state index in [9.17, 15) is 13.6 Å². The summed E-state index contributed by atoms with van der Waals surface area (Å²) in [5, 5.41) is 6.84. The first-order chi connectivity index (χ1) is 7.74. The maximum atomic E-state index is 12.6. The number of likely N-dealkylation sites (tertiary alicyclic amines) is 1. The first kappa shape index (κ1) is 12.2. The second kappa shape index (κ2) is 3.61. The third-order valence-corrected chi connectivity index (χ3v) is 2.79. The van der Waals surface area contributed by atoms with Crippen LogP contribution in [0.1, 0.15) is 20.8 Å². The van der Waals surface area contributed by atoms with Crippen molar-refractivity contribution < 1.29 is 18.3 Å². The number of carbonyl (C=O) groups excluding carboxylic acids is 1. The maximum absolute atomic E-state index is 12.6. The molecule has 7 heteroatoms. The fourth-order valence-corrected chi connectivity index (χ4v) is 1.71. The van der Waals surface area contributed by atoms with Crippen molar-refractivity contribution in [2.45, 2.75) is 38.5 Å². The van der Waals surface area contributed by atoms with Crippen molar-refractivity contribution in [3.63, 3.8) is 0 Å². The smallest absolute Gasteiger partial charge is 0.410 e. The molecule has 0 atom stereocenters. The van der Waals surface area contributed by atoms with E-state index in [2.05, 4.69) is 10.2 Å². The Hall–Kier alpha value is -1.27. The van der Waals surface area contributed by atoms with Crippen LogP contribution in [0.15, 0.2) is 10.2 Å². The molecule has 0 unspecified atom stereocenters. The lowest BCUT2D eigenvalue weighted by atomic mass is 9.89. The molecule has 0 aromatic carbocycles. The van der Waals surface area contributed by atoms with Crippen LogP contribution in [-0.4, -0.2) is 41.8 Å². The van der Waals surface area contributed by atoms with Crippen LogP contribution < -0.4 is 0 Å². The Kier molecular flexibility index (Phi) is 2.59. The highest BCUT2D eigenvalue weighted by Crippen LogP contribution is 2.45. The van der Waals surface area contributed by atoms with Gasteiger partial charge in [0, 0.05) is 19.0 Å². The number of hydrogen-bond donors (Lipinski definition) is 0. The van der Waals surface area contributed by atoms with Crippen molar-refractivity contribution in [3.8, 4) is 0 Å². The molecule has 0 aliphatic carbocycles. The van der Waals surface area contributed by atoms with Gasteiger partial charge in [-0.05, 0) is 20.8 Å². The van der Waals surface area contributed by atoms with E-state index in [1.165, 1.54) is 4.90 Å². The van der Waals surface area contributed by atoms with Crippen LogP contribution in [-0.2, 0) is 4.74 Å². The molecule has 2 aliphatic heterocycles. The summed E-state index contributed by atoms with van der Waals surface area (Å²) in [4.78, 5) is 13.0. The van der Waals surface area contributed by atoms with Gasteiger partial charge in [0.1, 0.15) is 5.60 Å². The molecule has 1 fully saturated rings. The summed E-state index contributed by atoms with van der Waals surface area (Å²) >= 11 is 0. The van der Waals surface area contributed by atoms with Gasteiger partial charge in [0.15, 0.2) is 0 Å². The highest BCUT2D eigenvalue weighted by Gasteiger charge is 2.60. The largest absolute Gasteiger partial charge is 0.444 e. The summed E-state index contributed by atoms with van der Waals surface area (Å²) in [5.74, 6) is -0.380. The highest BCUT2D eigenvalue weighted by atomic mass is 19.3. The van der Waals surface area contributed by atoms with E-state index < -0.39 is 23.8 Å². The number of amides is 1. The van der Waals surface area contributed by atoms with Crippen LogP contribution >= 0.6 is 0 Å². The van der Waals surface area contributed by atoms with Gasteiger partial charge in [-0.1, -0.05) is 0 Å². The molecule has 0 radical (unpaired) electrons. The summed E-state index contributed by atoms with van der Waals surface area (Å²) in [5.41, 5.74) is -2.12. The predicted octanol–water partition coefficient (Wildman–Crippen LogP) is 2.28. The Labute approximate surface area is 97.8 Å². The molecule has 0 aromatic rings. The summed E-state index contributed by atoms with van der Waals surface area (Å²) in [6.07, 6.45) is -3.06. The number of rotatable bonds is 2. The maximum Gasteiger partial charge on any atom is 0.410 e. The van der Waals surface area contributed by atoms with E-state index >= 15 is 0 Å². The first-order valence-corrected chi connectivity index (χ1v) is 5.45. The van der Waals surface area contributed by atoms with Gasteiger partial charge < -0.3 is 9.64 Å². The summed E-state index contributed by atoms with van der Waals surface area (Å²) in [7, 11) is 0. The molecule has 5 nitrogen and oxygen atoms in total. The molecule has 0 N–H and O–H groups in total. The predicted molar refractivity (Wildman–Crippen MR) is 54.9 cm³/mol. The minimum atomic E-state index is -2.59. The zero-order valence-corrected chi connectivity index (χ0v) is 9.98. The van der Waals surface area contributed by atoms with Gasteiger partial charge in [0.05, 0.1) is 0 Å². The molecule has 0 spiro atoms. The first-order valence-electron chi connectivity index (χ1n) is 5.45. The van der Waals surface area contributed by atoms with Gasteiger partial charge in [-0.2, -0.15) is 10.2 Å². The third kappa shape index (κ3) is 2.23. The molecular weight excluding hydrogens is 232 g/mol. The standard InChI is InChI=1S/C10H15F2N3O2/c1-9(2,3)17-8(16)15-4-6(5-15)10(7(11)12)13-14-10/h6-7H,4-5H2,1-3H3. The molecule has 0 saturated carbocycles. The number of alkyl halides is 2. The molecule has 17 heavy (non-hydrogen) atoms. The van der Waals surface area contributed by atoms with E-state index in [4.69, 9.17) is 4.74 Å². The molecule has 2 heterocycles. The van der Waals surface area contributed by atoms with Crippen molar-refractivity contribution >= 4 is 6.09 Å². The lowest BCUT2D eigenvalue weighted by Crippen LogP contribution is -2.58. The Bertz CT molecular complexity index is 353. The zero-order chi connectivity index (χ0) is 12.8. The van der Waals surface area contributed by atoms with E-state index in [0.717, 1.165) is 0 Å². The number of carbonyl (C=O) groups is 1. The molecule has 0 bridgehead atoms. The van der Waals surface area contributed by atoms with Crippen molar-refractivity contribution in [2.24, 2.45) is 16.1 Å². The van der Waals surface area contributed by atoms with Gasteiger partial charge in [-0.25, -0.2) is 13.6 Å². The number of halogens is 2. The summed E-state index contributed by atoms with van der Waals surface area (Å²) in [6, 6.07) is 0. The van der Waals surface area contributed by atoms with Crippen LogP contribution in [0.4, 0.5) is 13.6 Å². The van der Waals surface area contributed by atoms with Crippen LogP contribution in [0, 0.1) is 5.92 Å². The molecule has 2 rings (SSSR count). The lowest BCUT2D eigenvalue weighted by molar-refractivity contribution is -0.0308. The topological polar surface area (TPSA) is 54.3 Å². The monoisotopic (exact) mass is 247 g/mol. The average Bonchev–Trinajstić information content (AvgIpc) is 2.78. The van der Waals surface area contributed by atoms with Crippen molar-refractivity contribution in [1.29, 1.82) is 0 Å². The summed E-state index contributed by atoms with van der Waals surface area (Å²) in [6.45, 7) is 5.73. The SMILES string of the molecule is CC(C)(C)OC(=O)N1CC(C2(C(F)F)N=N2)C1. The van der Waals surface area contributed by atoms with Gasteiger partial charge in [-0.3, -0.25) is 0 Å². The third-order valence-electron chi connectivity index (χ3n) is 2.79. The molecule has 1 saturated heterocycles. The molecule has 0 aromatic heterocycles. The van der Waals surface area contributed by atoms with Gasteiger partial charge in [0.2, 0.25) is 0 Å². The molecule has 1 amide bonds. The van der Waals surface area contributed by atoms with Crippen molar-refractivity contribution in [1.82, 2.24) is 4.90 Å². The average molecular weight is 247 g/mol. The minimum Gasteiger partial charge on any atom is -0.444 e. The summed E-state index contributed by atoms with van der Waals surface area (Å²) < 4.78 is 30.4. The molecular formula is C10H15F2N3O2. The quantitative estimate of drug-likeness (QED) is 0.751. The normalized spacial score (nSPS) is 22.6. The van der Waals surface area contributed by atoms with E-state index in [1.807, 2.05) is 0 Å². The Morgan fingerprint density at radius 3 is 2.29 bits per heavy atom. The van der Waals surface area contributed by atoms with Crippen LogP contribution in [0.2, 0.25) is 0 Å². The van der Waals surface area contributed by atoms with E-state index in [1.54, 1.807) is 20.8 Å². The number of ether oxygens (including phenoxy) is 1. The molecule has 2 aliphatic rings. The lowest BCUT2D eigenvalue weighted by Gasteiger charge is -2.41. The number of hydrogen-bond acceptors (Lipinski definition) is 4. The van der Waals surface area contributed by atoms with Crippen LogP contribution in [0.25, 0.3) is 0 Å². The fourth-order valence-electron chi connectivity index (χ4n) is 1.71. The zero-order valence-electron chi connectivity index (χ0n) is 9.98. The van der Waals surface area contributed by atoms with E-state index in [-0.39, 0.29) is 19.0 Å². The minimum absolute atomic E-state index is 0.228. The second-order valence-electron chi connectivity index (χ2n) is 5.37. The Morgan fingerprint density at radius 1 is 1.41 bits per heavy atom. The fraction of sp³-hybridized carbons (Fsp3) is 0.900. The van der Waals surface area contributed by atoms with Crippen molar-refractivity contribution in [3.05, 3.63) is 0 Å². The Morgan fingerprint density at radius 2 is 1.94 bits per heavy atom. The van der Waals surface area contributed by atoms with Gasteiger partial charge in [0.25, 0.3) is 12.1 Å². The van der Waals surface area contributed by atoms with Gasteiger partial charge in [-0.15, -0.1) is 0 Å². The van der Waals surface area contributed by atoms with Crippen LogP contribution in [0.5, 0.6) is 0 Å². The molecule has 96 valence electrons. The second-order valence-corrected chi connectivity index (χ2v) is 5.37. The van der Waals surface area contributed by atoms with Gasteiger partial charge >= 0.3 is 6.09 Å². The Balaban J connectivity index is 1.82. The number of nitrogens with zero attached hydrogens (tertiary/aromatic N) is 3. The van der Waals surface area contributed by atoms with E-state index in [0.29, 0.717) is 0 Å². The highest BCUT2D eigenvalue weighted by molar-refractivity contribution is 5.69. The van der Waals surface area contributed by atoms with Crippen LogP contribution in [0.3, 0.4) is 0 Å². The van der Waals surface area contributed by atoms with Crippen molar-refractivity contribution in [2.75, 3.05) is 13.1 Å².